The second-order valence-electron chi connectivity index (χ2n) is 4.93. The number of nitriles is 1. The Kier molecular flexibility index (Phi) is 6.75. The average Bonchev–Trinajstić information content (AvgIpc) is 2.59. The van der Waals surface area contributed by atoms with Crippen LogP contribution in [0.3, 0.4) is 0 Å². The van der Waals surface area contributed by atoms with Crippen LogP contribution >= 0.6 is 11.6 Å². The van der Waals surface area contributed by atoms with Gasteiger partial charge in [-0.15, -0.1) is 0 Å². The number of allylic oxidation sites excluding steroid dienone is 2. The molecule has 120 valence electrons. The third-order valence-electron chi connectivity index (χ3n) is 3.17. The van der Waals surface area contributed by atoms with Crippen LogP contribution < -0.4 is 5.32 Å². The summed E-state index contributed by atoms with van der Waals surface area (Å²) in [6.45, 7) is 0.474. The number of halogens is 1. The Morgan fingerprint density at radius 1 is 1.21 bits per heavy atom. The molecule has 0 aliphatic heterocycles. The number of aromatic nitrogens is 1. The van der Waals surface area contributed by atoms with Crippen molar-refractivity contribution in [2.45, 2.75) is 6.42 Å². The normalized spacial score (nSPS) is 11.2. The van der Waals surface area contributed by atoms with E-state index < -0.39 is 5.91 Å². The minimum atomic E-state index is -0.392. The Morgan fingerprint density at radius 2 is 2.00 bits per heavy atom. The van der Waals surface area contributed by atoms with Crippen LogP contribution in [0.25, 0.3) is 6.08 Å². The summed E-state index contributed by atoms with van der Waals surface area (Å²) in [5, 5.41) is 12.2. The third-order valence-corrected chi connectivity index (χ3v) is 3.38. The Hall–Kier alpha value is -2.90. The maximum atomic E-state index is 12.0. The zero-order valence-electron chi connectivity index (χ0n) is 12.9. The van der Waals surface area contributed by atoms with Crippen LogP contribution in [0.5, 0.6) is 0 Å². The van der Waals surface area contributed by atoms with Crippen LogP contribution in [0.15, 0.2) is 66.3 Å². The highest BCUT2D eigenvalue weighted by atomic mass is 35.5. The lowest BCUT2D eigenvalue weighted by Gasteiger charge is -2.04. The van der Waals surface area contributed by atoms with E-state index in [0.29, 0.717) is 23.8 Å². The van der Waals surface area contributed by atoms with Crippen LogP contribution in [0, 0.1) is 11.3 Å². The zero-order chi connectivity index (χ0) is 17.2. The highest BCUT2D eigenvalue weighted by molar-refractivity contribution is 6.29. The molecule has 0 radical (unpaired) electrons. The highest BCUT2D eigenvalue weighted by Gasteiger charge is 2.06. The molecular weight excluding hydrogens is 322 g/mol. The van der Waals surface area contributed by atoms with E-state index in [0.717, 1.165) is 5.56 Å². The summed E-state index contributed by atoms with van der Waals surface area (Å²) >= 11 is 5.79. The van der Waals surface area contributed by atoms with Gasteiger partial charge in [0, 0.05) is 6.54 Å². The summed E-state index contributed by atoms with van der Waals surface area (Å²) in [4.78, 5) is 16.1. The van der Waals surface area contributed by atoms with Crippen LogP contribution in [-0.4, -0.2) is 17.4 Å². The van der Waals surface area contributed by atoms with E-state index in [1.165, 1.54) is 6.08 Å². The number of benzene rings is 1. The number of hydrogen-bond donors (Lipinski definition) is 1. The van der Waals surface area contributed by atoms with Crippen LogP contribution in [0.4, 0.5) is 0 Å². The minimum absolute atomic E-state index is 0.0429. The molecule has 1 heterocycles. The fraction of sp³-hybridized carbons (Fsp3) is 0.105. The van der Waals surface area contributed by atoms with Gasteiger partial charge in [-0.1, -0.05) is 54.1 Å². The average molecular weight is 338 g/mol. The van der Waals surface area contributed by atoms with Gasteiger partial charge in [-0.2, -0.15) is 5.26 Å². The predicted molar refractivity (Wildman–Crippen MR) is 95.1 cm³/mol. The second-order valence-corrected chi connectivity index (χ2v) is 5.32. The molecule has 0 atom stereocenters. The number of carbonyl (C=O) groups is 1. The Labute approximate surface area is 146 Å². The van der Waals surface area contributed by atoms with Crippen LogP contribution in [0.2, 0.25) is 5.15 Å². The molecule has 1 aromatic carbocycles. The van der Waals surface area contributed by atoms with Gasteiger partial charge in [0.2, 0.25) is 0 Å². The quantitative estimate of drug-likeness (QED) is 0.379. The number of nitrogens with one attached hydrogen (secondary N) is 1. The first-order valence-corrected chi connectivity index (χ1v) is 7.80. The molecule has 4 nitrogen and oxygen atoms in total. The molecule has 1 N–H and O–H groups in total. The summed E-state index contributed by atoms with van der Waals surface area (Å²) in [5.74, 6) is -0.392. The second kappa shape index (κ2) is 9.29. The molecule has 0 saturated heterocycles. The molecular formula is C19H16ClN3O. The van der Waals surface area contributed by atoms with Gasteiger partial charge in [0.25, 0.3) is 5.91 Å². The molecule has 0 spiro atoms. The molecule has 2 aromatic rings. The number of carbonyl (C=O) groups excluding carboxylic acids is 1. The SMILES string of the molecule is N#C/C(=C\C=C\c1cccc(Cl)n1)C(=O)NCCc1ccccc1. The largest absolute Gasteiger partial charge is 0.351 e. The van der Waals surface area contributed by atoms with E-state index >= 15 is 0 Å². The number of amides is 1. The standard InChI is InChI=1S/C19H16ClN3O/c20-18-11-5-10-17(23-18)9-4-8-16(14-21)19(24)22-13-12-15-6-2-1-3-7-15/h1-11H,12-13H2,(H,22,24)/b9-4+,16-8+. The van der Waals surface area contributed by atoms with Crippen molar-refractivity contribution in [1.29, 1.82) is 5.26 Å². The first kappa shape index (κ1) is 17.5. The van der Waals surface area contributed by atoms with Crippen molar-refractivity contribution in [2.24, 2.45) is 0 Å². The number of hydrogen-bond acceptors (Lipinski definition) is 3. The lowest BCUT2D eigenvalue weighted by molar-refractivity contribution is -0.117. The smallest absolute Gasteiger partial charge is 0.261 e. The van der Waals surface area contributed by atoms with Gasteiger partial charge in [0.1, 0.15) is 16.8 Å². The van der Waals surface area contributed by atoms with E-state index in [4.69, 9.17) is 16.9 Å². The molecule has 0 bridgehead atoms. The predicted octanol–water partition coefficient (Wildman–Crippen LogP) is 3.56. The minimum Gasteiger partial charge on any atom is -0.351 e. The fourth-order valence-corrected chi connectivity index (χ4v) is 2.15. The van der Waals surface area contributed by atoms with E-state index in [1.807, 2.05) is 36.4 Å². The molecule has 0 aliphatic carbocycles. The molecule has 0 aliphatic rings. The zero-order valence-corrected chi connectivity index (χ0v) is 13.7. The monoisotopic (exact) mass is 337 g/mol. The number of pyridine rings is 1. The van der Waals surface area contributed by atoms with E-state index in [-0.39, 0.29) is 5.57 Å². The van der Waals surface area contributed by atoms with Gasteiger partial charge >= 0.3 is 0 Å². The molecule has 1 amide bonds. The van der Waals surface area contributed by atoms with Gasteiger partial charge in [0.15, 0.2) is 0 Å². The third kappa shape index (κ3) is 5.71. The molecule has 0 saturated carbocycles. The van der Waals surface area contributed by atoms with Gasteiger partial charge < -0.3 is 5.32 Å². The van der Waals surface area contributed by atoms with Gasteiger partial charge in [0.05, 0.1) is 5.69 Å². The summed E-state index contributed by atoms with van der Waals surface area (Å²) in [6, 6.07) is 17.0. The molecule has 0 fully saturated rings. The topological polar surface area (TPSA) is 65.8 Å². The van der Waals surface area contributed by atoms with E-state index in [9.17, 15) is 4.79 Å². The first-order chi connectivity index (χ1) is 11.7. The molecule has 0 unspecified atom stereocenters. The number of nitrogens with zero attached hydrogens (tertiary/aromatic N) is 2. The van der Waals surface area contributed by atoms with Crippen molar-refractivity contribution in [3.05, 3.63) is 82.7 Å². The van der Waals surface area contributed by atoms with Crippen molar-refractivity contribution in [3.63, 3.8) is 0 Å². The molecule has 24 heavy (non-hydrogen) atoms. The van der Waals surface area contributed by atoms with Crippen molar-refractivity contribution >= 4 is 23.6 Å². The van der Waals surface area contributed by atoms with Gasteiger partial charge in [-0.05, 0) is 36.3 Å². The fourth-order valence-electron chi connectivity index (χ4n) is 1.98. The maximum Gasteiger partial charge on any atom is 0.261 e. The Morgan fingerprint density at radius 3 is 2.71 bits per heavy atom. The van der Waals surface area contributed by atoms with E-state index in [2.05, 4.69) is 10.3 Å². The summed E-state index contributed by atoms with van der Waals surface area (Å²) in [6.07, 6.45) is 5.46. The molecule has 5 heteroatoms. The molecule has 1 aromatic heterocycles. The van der Waals surface area contributed by atoms with Crippen molar-refractivity contribution in [2.75, 3.05) is 6.54 Å². The van der Waals surface area contributed by atoms with Crippen LogP contribution in [0.1, 0.15) is 11.3 Å². The van der Waals surface area contributed by atoms with Gasteiger partial charge in [-0.25, -0.2) is 4.98 Å². The lowest BCUT2D eigenvalue weighted by atomic mass is 10.1. The number of rotatable bonds is 6. The van der Waals surface area contributed by atoms with Crippen LogP contribution in [-0.2, 0) is 11.2 Å². The van der Waals surface area contributed by atoms with Crippen molar-refractivity contribution in [1.82, 2.24) is 10.3 Å². The summed E-state index contributed by atoms with van der Waals surface area (Å²) in [7, 11) is 0. The van der Waals surface area contributed by atoms with Crippen molar-refractivity contribution in [3.8, 4) is 6.07 Å². The first-order valence-electron chi connectivity index (χ1n) is 7.42. The summed E-state index contributed by atoms with van der Waals surface area (Å²) < 4.78 is 0. The van der Waals surface area contributed by atoms with Crippen molar-refractivity contribution < 1.29 is 4.79 Å². The molecule has 2 rings (SSSR count). The lowest BCUT2D eigenvalue weighted by Crippen LogP contribution is -2.26. The summed E-state index contributed by atoms with van der Waals surface area (Å²) in [5.41, 5.74) is 1.83. The van der Waals surface area contributed by atoms with E-state index in [1.54, 1.807) is 30.4 Å². The maximum absolute atomic E-state index is 12.0. The Balaban J connectivity index is 1.90. The highest BCUT2D eigenvalue weighted by Crippen LogP contribution is 2.07. The Bertz CT molecular complexity index is 792. The van der Waals surface area contributed by atoms with Gasteiger partial charge in [-0.3, -0.25) is 4.79 Å².